The van der Waals surface area contributed by atoms with Crippen molar-refractivity contribution in [3.63, 3.8) is 0 Å². The van der Waals surface area contributed by atoms with Crippen molar-refractivity contribution in [3.05, 3.63) is 12.4 Å². The summed E-state index contributed by atoms with van der Waals surface area (Å²) >= 11 is 0. The molecule has 0 fully saturated rings. The van der Waals surface area contributed by atoms with E-state index in [2.05, 4.69) is 11.2 Å². The molecule has 1 rings (SSSR count). The van der Waals surface area contributed by atoms with E-state index in [9.17, 15) is 5.11 Å². The van der Waals surface area contributed by atoms with Gasteiger partial charge < -0.3 is 9.76 Å². The van der Waals surface area contributed by atoms with Crippen LogP contribution in [0.15, 0.2) is 12.4 Å². The molecule has 1 aromatic heterocycles. The molecule has 0 bridgehead atoms. The maximum atomic E-state index is 9.94. The van der Waals surface area contributed by atoms with Crippen LogP contribution in [0.25, 0.3) is 0 Å². The third kappa shape index (κ3) is 3.86. The minimum absolute atomic E-state index is 0.428. The van der Waals surface area contributed by atoms with Crippen LogP contribution >= 0.6 is 0 Å². The number of hydrogen-bond acceptors (Lipinski definition) is 4. The first-order valence-corrected chi connectivity index (χ1v) is 5.89. The van der Waals surface area contributed by atoms with Crippen LogP contribution < -0.4 is 5.46 Å². The van der Waals surface area contributed by atoms with Crippen molar-refractivity contribution in [3.8, 4) is 6.07 Å². The number of nitriles is 1. The lowest BCUT2D eigenvalue weighted by atomic mass is 9.84. The molecule has 0 atom stereocenters. The molecule has 5 nitrogen and oxygen atoms in total. The summed E-state index contributed by atoms with van der Waals surface area (Å²) in [5, 5.41) is 22.5. The highest BCUT2D eigenvalue weighted by atomic mass is 16.5. The highest BCUT2D eigenvalue weighted by Crippen LogP contribution is 2.24. The Morgan fingerprint density at radius 1 is 1.50 bits per heavy atom. The molecule has 1 N–H and O–H groups in total. The standard InChI is InChI=1S/C12H19BN3O2/c1-11(2,17)12(3,4)18-13-10-8-15-16(9-10)7-5-6-14/h8-9,17H,5,7H2,1-4H3. The van der Waals surface area contributed by atoms with Crippen molar-refractivity contribution in [1.29, 1.82) is 5.26 Å². The number of aryl methyl sites for hydroxylation is 1. The van der Waals surface area contributed by atoms with Gasteiger partial charge in [0.05, 0.1) is 30.2 Å². The van der Waals surface area contributed by atoms with E-state index in [1.54, 1.807) is 38.4 Å². The van der Waals surface area contributed by atoms with E-state index in [0.29, 0.717) is 13.0 Å². The van der Waals surface area contributed by atoms with E-state index in [1.165, 1.54) is 0 Å². The third-order valence-corrected chi connectivity index (χ3v) is 3.07. The summed E-state index contributed by atoms with van der Waals surface area (Å²) < 4.78 is 7.29. The number of aromatic nitrogens is 2. The lowest BCUT2D eigenvalue weighted by molar-refractivity contribution is -0.0893. The molecule has 0 aliphatic rings. The molecule has 18 heavy (non-hydrogen) atoms. The maximum absolute atomic E-state index is 9.94. The Hall–Kier alpha value is -1.32. The molecule has 1 radical (unpaired) electrons. The largest absolute Gasteiger partial charge is 0.427 e. The molecule has 0 unspecified atom stereocenters. The van der Waals surface area contributed by atoms with Crippen molar-refractivity contribution < 1.29 is 9.76 Å². The van der Waals surface area contributed by atoms with Crippen LogP contribution in [0.2, 0.25) is 0 Å². The molecule has 0 saturated carbocycles. The molecule has 97 valence electrons. The van der Waals surface area contributed by atoms with Gasteiger partial charge in [-0.2, -0.15) is 10.4 Å². The van der Waals surface area contributed by atoms with Gasteiger partial charge in [-0.05, 0) is 33.2 Å². The molecule has 6 heteroatoms. The van der Waals surface area contributed by atoms with Gasteiger partial charge in [-0.15, -0.1) is 0 Å². The van der Waals surface area contributed by atoms with Crippen molar-refractivity contribution in [2.24, 2.45) is 0 Å². The van der Waals surface area contributed by atoms with Gasteiger partial charge in [-0.1, -0.05) is 0 Å². The van der Waals surface area contributed by atoms with Gasteiger partial charge in [0.1, 0.15) is 0 Å². The predicted octanol–water partition coefficient (Wildman–Crippen LogP) is 0.607. The smallest absolute Gasteiger partial charge is 0.334 e. The van der Waals surface area contributed by atoms with Gasteiger partial charge in [0.2, 0.25) is 0 Å². The van der Waals surface area contributed by atoms with Crippen LogP contribution in [0.3, 0.4) is 0 Å². The summed E-state index contributed by atoms with van der Waals surface area (Å²) in [4.78, 5) is 0. The number of hydrogen-bond donors (Lipinski definition) is 1. The Morgan fingerprint density at radius 2 is 2.17 bits per heavy atom. The Morgan fingerprint density at radius 3 is 2.72 bits per heavy atom. The summed E-state index contributed by atoms with van der Waals surface area (Å²) in [7, 11) is 1.58. The van der Waals surface area contributed by atoms with Gasteiger partial charge in [-0.3, -0.25) is 4.68 Å². The van der Waals surface area contributed by atoms with Crippen LogP contribution in [0, 0.1) is 11.3 Å². The molecule has 0 amide bonds. The Labute approximate surface area is 109 Å². The molecule has 0 spiro atoms. The van der Waals surface area contributed by atoms with Crippen LogP contribution in [-0.2, 0) is 11.2 Å². The van der Waals surface area contributed by atoms with E-state index in [-0.39, 0.29) is 0 Å². The monoisotopic (exact) mass is 248 g/mol. The second kappa shape index (κ2) is 5.55. The second-order valence-electron chi connectivity index (χ2n) is 5.25. The summed E-state index contributed by atoms with van der Waals surface area (Å²) in [5.74, 6) is 0. The van der Waals surface area contributed by atoms with Crippen molar-refractivity contribution >= 4 is 12.9 Å². The van der Waals surface area contributed by atoms with Gasteiger partial charge in [0.15, 0.2) is 0 Å². The lowest BCUT2D eigenvalue weighted by Gasteiger charge is -2.37. The van der Waals surface area contributed by atoms with Crippen LogP contribution in [-0.4, -0.2) is 33.6 Å². The Kier molecular flexibility index (Phi) is 4.55. The predicted molar refractivity (Wildman–Crippen MR) is 69.3 cm³/mol. The SMILES string of the molecule is CC(C)(O)C(C)(C)O[B]c1cnn(CCC#N)c1. The fourth-order valence-corrected chi connectivity index (χ4v) is 1.09. The fraction of sp³-hybridized carbons (Fsp3) is 0.667. The van der Waals surface area contributed by atoms with Crippen molar-refractivity contribution in [2.75, 3.05) is 0 Å². The molecular formula is C12H19BN3O2. The van der Waals surface area contributed by atoms with E-state index in [0.717, 1.165) is 5.46 Å². The van der Waals surface area contributed by atoms with Gasteiger partial charge in [-0.25, -0.2) is 0 Å². The van der Waals surface area contributed by atoms with E-state index >= 15 is 0 Å². The van der Waals surface area contributed by atoms with E-state index < -0.39 is 11.2 Å². The summed E-state index contributed by atoms with van der Waals surface area (Å²) in [6.07, 6.45) is 3.90. The van der Waals surface area contributed by atoms with E-state index in [4.69, 9.17) is 9.92 Å². The highest BCUT2D eigenvalue weighted by molar-refractivity contribution is 6.46. The van der Waals surface area contributed by atoms with Gasteiger partial charge in [0, 0.05) is 12.4 Å². The average Bonchev–Trinajstić information content (AvgIpc) is 2.70. The van der Waals surface area contributed by atoms with Crippen LogP contribution in [0.5, 0.6) is 0 Å². The maximum Gasteiger partial charge on any atom is 0.334 e. The summed E-state index contributed by atoms with van der Waals surface area (Å²) in [6.45, 7) is 7.63. The van der Waals surface area contributed by atoms with E-state index in [1.807, 2.05) is 13.8 Å². The average molecular weight is 248 g/mol. The Bertz CT molecular complexity index is 429. The molecule has 0 saturated heterocycles. The normalized spacial score (nSPS) is 12.2. The first-order chi connectivity index (χ1) is 8.26. The molecule has 1 aromatic rings. The Balaban J connectivity index is 2.54. The zero-order valence-electron chi connectivity index (χ0n) is 11.3. The molecule has 0 aliphatic heterocycles. The fourth-order valence-electron chi connectivity index (χ4n) is 1.09. The molecule has 0 aromatic carbocycles. The third-order valence-electron chi connectivity index (χ3n) is 3.07. The number of aliphatic hydroxyl groups is 1. The summed E-state index contributed by atoms with van der Waals surface area (Å²) in [5.41, 5.74) is -0.826. The molecule has 1 heterocycles. The molecular weight excluding hydrogens is 229 g/mol. The van der Waals surface area contributed by atoms with Crippen molar-refractivity contribution in [2.45, 2.75) is 51.9 Å². The second-order valence-corrected chi connectivity index (χ2v) is 5.25. The highest BCUT2D eigenvalue weighted by Gasteiger charge is 2.35. The van der Waals surface area contributed by atoms with Gasteiger partial charge in [0.25, 0.3) is 0 Å². The van der Waals surface area contributed by atoms with Gasteiger partial charge >= 0.3 is 7.48 Å². The number of rotatable bonds is 6. The minimum Gasteiger partial charge on any atom is -0.427 e. The van der Waals surface area contributed by atoms with Crippen molar-refractivity contribution in [1.82, 2.24) is 9.78 Å². The summed E-state index contributed by atoms with van der Waals surface area (Å²) in [6, 6.07) is 2.07. The lowest BCUT2D eigenvalue weighted by Crippen LogP contribution is -2.49. The number of nitrogens with zero attached hydrogens (tertiary/aromatic N) is 3. The quantitative estimate of drug-likeness (QED) is 0.748. The zero-order valence-corrected chi connectivity index (χ0v) is 11.3. The first-order valence-electron chi connectivity index (χ1n) is 5.89. The van der Waals surface area contributed by atoms with Crippen LogP contribution in [0.4, 0.5) is 0 Å². The minimum atomic E-state index is -0.944. The first kappa shape index (κ1) is 14.7. The topological polar surface area (TPSA) is 71.1 Å². The molecule has 0 aliphatic carbocycles. The zero-order chi connectivity index (χ0) is 13.8. The van der Waals surface area contributed by atoms with Crippen LogP contribution in [0.1, 0.15) is 34.1 Å².